The summed E-state index contributed by atoms with van der Waals surface area (Å²) in [5.41, 5.74) is 6.18. The molecular formula is C16H23FN4O. The van der Waals surface area contributed by atoms with Gasteiger partial charge in [0.15, 0.2) is 0 Å². The van der Waals surface area contributed by atoms with Crippen LogP contribution in [-0.2, 0) is 0 Å². The Morgan fingerprint density at radius 2 is 2.14 bits per heavy atom. The van der Waals surface area contributed by atoms with E-state index in [1.165, 1.54) is 12.1 Å². The molecule has 2 rings (SSSR count). The summed E-state index contributed by atoms with van der Waals surface area (Å²) in [6.07, 6.45) is 4.06. The molecule has 0 saturated heterocycles. The fraction of sp³-hybridized carbons (Fsp3) is 0.500. The van der Waals surface area contributed by atoms with Crippen molar-refractivity contribution in [2.75, 3.05) is 24.2 Å². The first-order valence-electron chi connectivity index (χ1n) is 7.71. The summed E-state index contributed by atoms with van der Waals surface area (Å²) in [7, 11) is 0. The number of benzene rings is 1. The fourth-order valence-corrected chi connectivity index (χ4v) is 2.52. The molecule has 1 heterocycles. The van der Waals surface area contributed by atoms with Gasteiger partial charge in [-0.2, -0.15) is 4.98 Å². The van der Waals surface area contributed by atoms with Crippen LogP contribution in [-0.4, -0.2) is 28.2 Å². The van der Waals surface area contributed by atoms with Crippen molar-refractivity contribution in [3.8, 4) is 0 Å². The maximum atomic E-state index is 13.3. The molecule has 0 bridgehead atoms. The quantitative estimate of drug-likeness (QED) is 0.698. The predicted molar refractivity (Wildman–Crippen MR) is 87.1 cm³/mol. The molecule has 0 unspecified atom stereocenters. The van der Waals surface area contributed by atoms with Crippen LogP contribution in [0.3, 0.4) is 0 Å². The molecule has 1 aromatic heterocycles. The van der Waals surface area contributed by atoms with E-state index in [4.69, 9.17) is 10.8 Å². The Bertz CT molecular complexity index is 615. The van der Waals surface area contributed by atoms with Gasteiger partial charge in [0, 0.05) is 24.6 Å². The van der Waals surface area contributed by atoms with Crippen molar-refractivity contribution in [1.82, 2.24) is 9.97 Å². The van der Waals surface area contributed by atoms with Crippen LogP contribution < -0.4 is 11.1 Å². The second-order valence-electron chi connectivity index (χ2n) is 5.49. The van der Waals surface area contributed by atoms with Crippen molar-refractivity contribution >= 4 is 22.7 Å². The molecule has 0 radical (unpaired) electrons. The molecule has 0 aliphatic carbocycles. The fourth-order valence-electron chi connectivity index (χ4n) is 2.52. The van der Waals surface area contributed by atoms with Crippen LogP contribution in [0.4, 0.5) is 16.2 Å². The predicted octanol–water partition coefficient (Wildman–Crippen LogP) is 2.95. The largest absolute Gasteiger partial charge is 0.396 e. The van der Waals surface area contributed by atoms with Gasteiger partial charge in [0.2, 0.25) is 5.95 Å². The van der Waals surface area contributed by atoms with Crippen LogP contribution in [0.1, 0.15) is 32.6 Å². The summed E-state index contributed by atoms with van der Waals surface area (Å²) in [6.45, 7) is 3.02. The van der Waals surface area contributed by atoms with E-state index in [-0.39, 0.29) is 18.4 Å². The Morgan fingerprint density at radius 1 is 1.32 bits per heavy atom. The van der Waals surface area contributed by atoms with Crippen LogP contribution in [0.2, 0.25) is 0 Å². The van der Waals surface area contributed by atoms with E-state index in [1.807, 2.05) is 0 Å². The number of nitrogens with two attached hydrogens (primary N) is 1. The maximum absolute atomic E-state index is 13.3. The van der Waals surface area contributed by atoms with E-state index >= 15 is 0 Å². The third kappa shape index (κ3) is 4.27. The Hall–Kier alpha value is -1.95. The highest BCUT2D eigenvalue weighted by Gasteiger charge is 2.11. The molecule has 0 spiro atoms. The van der Waals surface area contributed by atoms with Gasteiger partial charge >= 0.3 is 0 Å². The minimum atomic E-state index is -0.349. The molecule has 2 aromatic rings. The molecule has 5 nitrogen and oxygen atoms in total. The normalized spacial score (nSPS) is 12.5. The van der Waals surface area contributed by atoms with Crippen molar-refractivity contribution < 1.29 is 9.50 Å². The monoisotopic (exact) mass is 306 g/mol. The standard InChI is InChI=1S/C16H23FN4O/c1-2-3-4-11(7-8-22)10-19-15-13-6-5-12(17)9-14(13)20-16(18)21-15/h5-6,9,11,22H,2-4,7-8,10H2,1H3,(H3,18,19,20,21)/t11-/m0/s1. The lowest BCUT2D eigenvalue weighted by Gasteiger charge is -2.17. The summed E-state index contributed by atoms with van der Waals surface area (Å²) >= 11 is 0. The van der Waals surface area contributed by atoms with Crippen molar-refractivity contribution in [2.24, 2.45) is 5.92 Å². The van der Waals surface area contributed by atoms with Gasteiger partial charge in [-0.15, -0.1) is 0 Å². The van der Waals surface area contributed by atoms with Gasteiger partial charge in [-0.1, -0.05) is 19.8 Å². The molecule has 1 aromatic carbocycles. The van der Waals surface area contributed by atoms with E-state index in [0.29, 0.717) is 23.8 Å². The molecule has 0 aliphatic heterocycles. The smallest absolute Gasteiger partial charge is 0.222 e. The lowest BCUT2D eigenvalue weighted by molar-refractivity contribution is 0.254. The van der Waals surface area contributed by atoms with Gasteiger partial charge in [-0.05, 0) is 30.9 Å². The molecule has 1 atom stereocenters. The Kier molecular flexibility index (Phi) is 5.89. The number of hydrogen-bond acceptors (Lipinski definition) is 5. The topological polar surface area (TPSA) is 84.1 Å². The van der Waals surface area contributed by atoms with Crippen LogP contribution >= 0.6 is 0 Å². The molecule has 6 heteroatoms. The second-order valence-corrected chi connectivity index (χ2v) is 5.49. The Morgan fingerprint density at radius 3 is 2.86 bits per heavy atom. The second kappa shape index (κ2) is 7.89. The molecule has 0 amide bonds. The number of unbranched alkanes of at least 4 members (excludes halogenated alkanes) is 1. The number of aliphatic hydroxyl groups is 1. The zero-order valence-electron chi connectivity index (χ0n) is 12.8. The van der Waals surface area contributed by atoms with Gasteiger partial charge in [0.05, 0.1) is 5.52 Å². The number of anilines is 2. The minimum Gasteiger partial charge on any atom is -0.396 e. The number of nitrogens with zero attached hydrogens (tertiary/aromatic N) is 2. The van der Waals surface area contributed by atoms with E-state index in [1.54, 1.807) is 6.07 Å². The molecule has 0 fully saturated rings. The van der Waals surface area contributed by atoms with Gasteiger partial charge in [-0.25, -0.2) is 9.37 Å². The van der Waals surface area contributed by atoms with E-state index in [2.05, 4.69) is 22.2 Å². The Balaban J connectivity index is 2.16. The number of aliphatic hydroxyl groups excluding tert-OH is 1. The summed E-state index contributed by atoms with van der Waals surface area (Å²) in [6, 6.07) is 4.38. The van der Waals surface area contributed by atoms with Crippen molar-refractivity contribution in [2.45, 2.75) is 32.6 Å². The summed E-state index contributed by atoms with van der Waals surface area (Å²) in [5.74, 6) is 0.754. The highest BCUT2D eigenvalue weighted by molar-refractivity contribution is 5.89. The van der Waals surface area contributed by atoms with Gasteiger partial charge < -0.3 is 16.2 Å². The lowest BCUT2D eigenvalue weighted by Crippen LogP contribution is -2.17. The summed E-state index contributed by atoms with van der Waals surface area (Å²) in [4.78, 5) is 8.27. The van der Waals surface area contributed by atoms with Crippen molar-refractivity contribution in [1.29, 1.82) is 0 Å². The average Bonchev–Trinajstić information content (AvgIpc) is 2.49. The van der Waals surface area contributed by atoms with E-state index in [0.717, 1.165) is 31.1 Å². The number of nitrogen functional groups attached to an aromatic ring is 1. The number of halogens is 1. The zero-order valence-corrected chi connectivity index (χ0v) is 12.8. The molecule has 0 aliphatic rings. The molecule has 120 valence electrons. The number of aromatic nitrogens is 2. The summed E-state index contributed by atoms with van der Waals surface area (Å²) < 4.78 is 13.3. The Labute approximate surface area is 129 Å². The minimum absolute atomic E-state index is 0.118. The average molecular weight is 306 g/mol. The zero-order chi connectivity index (χ0) is 15.9. The number of fused-ring (bicyclic) bond motifs is 1. The highest BCUT2D eigenvalue weighted by Crippen LogP contribution is 2.23. The molecular weight excluding hydrogens is 283 g/mol. The van der Waals surface area contributed by atoms with Gasteiger partial charge in [0.1, 0.15) is 11.6 Å². The number of rotatable bonds is 8. The van der Waals surface area contributed by atoms with Crippen LogP contribution in [0.15, 0.2) is 18.2 Å². The summed E-state index contributed by atoms with van der Waals surface area (Å²) in [5, 5.41) is 13.2. The first kappa shape index (κ1) is 16.4. The van der Waals surface area contributed by atoms with Crippen molar-refractivity contribution in [3.63, 3.8) is 0 Å². The van der Waals surface area contributed by atoms with Gasteiger partial charge in [-0.3, -0.25) is 0 Å². The third-order valence-corrected chi connectivity index (χ3v) is 3.74. The van der Waals surface area contributed by atoms with E-state index in [9.17, 15) is 4.39 Å². The highest BCUT2D eigenvalue weighted by atomic mass is 19.1. The van der Waals surface area contributed by atoms with Crippen LogP contribution in [0.5, 0.6) is 0 Å². The van der Waals surface area contributed by atoms with Crippen LogP contribution in [0.25, 0.3) is 10.9 Å². The first-order chi connectivity index (χ1) is 10.6. The number of nitrogens with one attached hydrogen (secondary N) is 1. The SMILES string of the molecule is CCCC[C@@H](CCO)CNc1nc(N)nc2cc(F)ccc12. The first-order valence-corrected chi connectivity index (χ1v) is 7.71. The number of hydrogen-bond donors (Lipinski definition) is 3. The van der Waals surface area contributed by atoms with E-state index < -0.39 is 0 Å². The van der Waals surface area contributed by atoms with Gasteiger partial charge in [0.25, 0.3) is 0 Å². The molecule has 22 heavy (non-hydrogen) atoms. The van der Waals surface area contributed by atoms with Crippen LogP contribution in [0, 0.1) is 11.7 Å². The third-order valence-electron chi connectivity index (χ3n) is 3.74. The lowest BCUT2D eigenvalue weighted by atomic mass is 9.99. The van der Waals surface area contributed by atoms with Crippen molar-refractivity contribution in [3.05, 3.63) is 24.0 Å². The maximum Gasteiger partial charge on any atom is 0.222 e. The molecule has 4 N–H and O–H groups in total. The molecule has 0 saturated carbocycles.